The van der Waals surface area contributed by atoms with E-state index < -0.39 is 0 Å². The molecule has 0 saturated heterocycles. The number of hydrogen-bond acceptors (Lipinski definition) is 5. The van der Waals surface area contributed by atoms with Crippen LogP contribution in [0.25, 0.3) is 0 Å². The molecule has 0 atom stereocenters. The lowest BCUT2D eigenvalue weighted by Crippen LogP contribution is -2.07. The van der Waals surface area contributed by atoms with Crippen molar-refractivity contribution in [1.29, 1.82) is 0 Å². The Bertz CT molecular complexity index is 453. The standard InChI is InChI=1S/C33H64O4S/c1-3-5-7-9-11-13-15-17-19-23-28-36-32(34)26-22-21-25-30-38-31-27-33(35)37-29-24-20-18-16-14-12-10-8-6-4-2/h3-31H2,1-2H3. The lowest BCUT2D eigenvalue weighted by Gasteiger charge is -2.06. The maximum absolute atomic E-state index is 11.9. The normalized spacial score (nSPS) is 11.1. The molecule has 0 amide bonds. The summed E-state index contributed by atoms with van der Waals surface area (Å²) in [6.07, 6.45) is 30.0. The number of carbonyl (C=O) groups excluding carboxylic acids is 2. The van der Waals surface area contributed by atoms with Crippen LogP contribution in [-0.2, 0) is 19.1 Å². The zero-order valence-electron chi connectivity index (χ0n) is 25.5. The first-order chi connectivity index (χ1) is 18.7. The fourth-order valence-corrected chi connectivity index (χ4v) is 5.53. The van der Waals surface area contributed by atoms with E-state index in [0.717, 1.165) is 43.6 Å². The molecule has 226 valence electrons. The summed E-state index contributed by atoms with van der Waals surface area (Å²) in [6, 6.07) is 0. The molecule has 0 aromatic heterocycles. The zero-order chi connectivity index (χ0) is 27.8. The predicted octanol–water partition coefficient (Wildman–Crippen LogP) is 10.6. The Kier molecular flexibility index (Phi) is 31.9. The van der Waals surface area contributed by atoms with Crippen molar-refractivity contribution in [2.45, 2.75) is 174 Å². The highest BCUT2D eigenvalue weighted by Crippen LogP contribution is 2.13. The zero-order valence-corrected chi connectivity index (χ0v) is 26.4. The number of hydrogen-bond donors (Lipinski definition) is 0. The van der Waals surface area contributed by atoms with Gasteiger partial charge in [-0.25, -0.2) is 0 Å². The minimum atomic E-state index is -0.0569. The van der Waals surface area contributed by atoms with E-state index in [1.807, 2.05) is 11.8 Å². The molecule has 0 spiro atoms. The first-order valence-electron chi connectivity index (χ1n) is 16.6. The van der Waals surface area contributed by atoms with Gasteiger partial charge in [0.05, 0.1) is 19.6 Å². The SMILES string of the molecule is CCCCCCCCCCCCOC(=O)CCCCCSCCC(=O)OCCCCCCCCCCCC. The number of rotatable bonds is 31. The van der Waals surface area contributed by atoms with Gasteiger partial charge in [0.25, 0.3) is 0 Å². The number of carbonyl (C=O) groups is 2. The summed E-state index contributed by atoms with van der Waals surface area (Å²) in [6.45, 7) is 5.68. The summed E-state index contributed by atoms with van der Waals surface area (Å²) < 4.78 is 10.7. The van der Waals surface area contributed by atoms with Crippen LogP contribution in [0.1, 0.15) is 174 Å². The van der Waals surface area contributed by atoms with E-state index in [1.165, 1.54) is 116 Å². The van der Waals surface area contributed by atoms with Crippen LogP contribution in [-0.4, -0.2) is 36.7 Å². The van der Waals surface area contributed by atoms with E-state index in [0.29, 0.717) is 26.1 Å². The first kappa shape index (κ1) is 37.3. The second-order valence-electron chi connectivity index (χ2n) is 11.0. The Morgan fingerprint density at radius 3 is 1.24 bits per heavy atom. The molecule has 38 heavy (non-hydrogen) atoms. The van der Waals surface area contributed by atoms with Crippen LogP contribution in [0.2, 0.25) is 0 Å². The Labute approximate surface area is 241 Å². The Hall–Kier alpha value is -0.710. The molecule has 0 aromatic carbocycles. The van der Waals surface area contributed by atoms with E-state index in [9.17, 15) is 9.59 Å². The topological polar surface area (TPSA) is 52.6 Å². The third-order valence-corrected chi connectivity index (χ3v) is 8.21. The highest BCUT2D eigenvalue weighted by atomic mass is 32.2. The molecule has 0 aliphatic heterocycles. The van der Waals surface area contributed by atoms with Crippen molar-refractivity contribution < 1.29 is 19.1 Å². The Morgan fingerprint density at radius 1 is 0.421 bits per heavy atom. The van der Waals surface area contributed by atoms with Gasteiger partial charge in [0.15, 0.2) is 0 Å². The maximum atomic E-state index is 11.9. The molecule has 0 radical (unpaired) electrons. The fraction of sp³-hybridized carbons (Fsp3) is 0.939. The predicted molar refractivity (Wildman–Crippen MR) is 166 cm³/mol. The van der Waals surface area contributed by atoms with Gasteiger partial charge in [-0.3, -0.25) is 9.59 Å². The molecule has 5 heteroatoms. The van der Waals surface area contributed by atoms with E-state index in [1.54, 1.807) is 0 Å². The summed E-state index contributed by atoms with van der Waals surface area (Å²) in [4.78, 5) is 23.7. The van der Waals surface area contributed by atoms with Crippen molar-refractivity contribution in [2.24, 2.45) is 0 Å². The molecule has 0 N–H and O–H groups in total. The molecule has 0 fully saturated rings. The largest absolute Gasteiger partial charge is 0.466 e. The molecule has 0 heterocycles. The van der Waals surface area contributed by atoms with E-state index >= 15 is 0 Å². The van der Waals surface area contributed by atoms with Gasteiger partial charge in [-0.1, -0.05) is 136 Å². The molecule has 0 rings (SSSR count). The minimum Gasteiger partial charge on any atom is -0.466 e. The van der Waals surface area contributed by atoms with Crippen LogP contribution >= 0.6 is 11.8 Å². The molecule has 0 saturated carbocycles. The quantitative estimate of drug-likeness (QED) is 0.0628. The smallest absolute Gasteiger partial charge is 0.306 e. The highest BCUT2D eigenvalue weighted by molar-refractivity contribution is 7.99. The second kappa shape index (κ2) is 32.5. The highest BCUT2D eigenvalue weighted by Gasteiger charge is 2.04. The lowest BCUT2D eigenvalue weighted by molar-refractivity contribution is -0.144. The lowest BCUT2D eigenvalue weighted by atomic mass is 10.1. The number of ether oxygens (including phenoxy) is 2. The molecular formula is C33H64O4S. The second-order valence-corrected chi connectivity index (χ2v) is 12.2. The van der Waals surface area contributed by atoms with Crippen molar-refractivity contribution in [3.63, 3.8) is 0 Å². The third kappa shape index (κ3) is 31.5. The van der Waals surface area contributed by atoms with Crippen molar-refractivity contribution in [2.75, 3.05) is 24.7 Å². The van der Waals surface area contributed by atoms with Crippen molar-refractivity contribution in [1.82, 2.24) is 0 Å². The van der Waals surface area contributed by atoms with Gasteiger partial charge < -0.3 is 9.47 Å². The summed E-state index contributed by atoms with van der Waals surface area (Å²) >= 11 is 1.81. The van der Waals surface area contributed by atoms with Crippen molar-refractivity contribution >= 4 is 23.7 Å². The van der Waals surface area contributed by atoms with Gasteiger partial charge in [0.2, 0.25) is 0 Å². The van der Waals surface area contributed by atoms with Gasteiger partial charge in [0, 0.05) is 12.2 Å². The van der Waals surface area contributed by atoms with Crippen molar-refractivity contribution in [3.8, 4) is 0 Å². The Morgan fingerprint density at radius 2 is 0.789 bits per heavy atom. The van der Waals surface area contributed by atoms with Crippen LogP contribution < -0.4 is 0 Å². The van der Waals surface area contributed by atoms with Crippen LogP contribution in [0, 0.1) is 0 Å². The average molecular weight is 557 g/mol. The molecule has 0 aromatic rings. The van der Waals surface area contributed by atoms with Crippen molar-refractivity contribution in [3.05, 3.63) is 0 Å². The Balaban J connectivity index is 3.25. The molecule has 0 aliphatic rings. The average Bonchev–Trinajstić information content (AvgIpc) is 2.91. The van der Waals surface area contributed by atoms with Gasteiger partial charge in [0.1, 0.15) is 0 Å². The monoisotopic (exact) mass is 556 g/mol. The molecule has 0 aliphatic carbocycles. The van der Waals surface area contributed by atoms with Crippen LogP contribution in [0.5, 0.6) is 0 Å². The van der Waals surface area contributed by atoms with Gasteiger partial charge >= 0.3 is 11.9 Å². The third-order valence-electron chi connectivity index (χ3n) is 7.14. The van der Waals surface area contributed by atoms with Crippen LogP contribution in [0.15, 0.2) is 0 Å². The number of esters is 2. The number of thioether (sulfide) groups is 1. The maximum Gasteiger partial charge on any atom is 0.306 e. The van der Waals surface area contributed by atoms with Crippen LogP contribution in [0.4, 0.5) is 0 Å². The van der Waals surface area contributed by atoms with Gasteiger partial charge in [-0.2, -0.15) is 11.8 Å². The summed E-state index contributed by atoms with van der Waals surface area (Å²) in [7, 11) is 0. The molecular weight excluding hydrogens is 492 g/mol. The summed E-state index contributed by atoms with van der Waals surface area (Å²) in [5.41, 5.74) is 0. The van der Waals surface area contributed by atoms with E-state index in [4.69, 9.17) is 9.47 Å². The summed E-state index contributed by atoms with van der Waals surface area (Å²) in [5, 5.41) is 0. The number of unbranched alkanes of at least 4 members (excludes halogenated alkanes) is 20. The van der Waals surface area contributed by atoms with Crippen LogP contribution in [0.3, 0.4) is 0 Å². The fourth-order valence-electron chi connectivity index (χ4n) is 4.60. The van der Waals surface area contributed by atoms with Gasteiger partial charge in [-0.15, -0.1) is 0 Å². The molecule has 0 bridgehead atoms. The molecule has 0 unspecified atom stereocenters. The minimum absolute atomic E-state index is 0.0428. The van der Waals surface area contributed by atoms with Gasteiger partial charge in [-0.05, 0) is 31.4 Å². The first-order valence-corrected chi connectivity index (χ1v) is 17.7. The molecule has 4 nitrogen and oxygen atoms in total. The summed E-state index contributed by atoms with van der Waals surface area (Å²) in [5.74, 6) is 1.77. The van der Waals surface area contributed by atoms with E-state index in [-0.39, 0.29) is 11.9 Å². The van der Waals surface area contributed by atoms with E-state index in [2.05, 4.69) is 13.8 Å².